The molecule has 6 heteroatoms. The van der Waals surface area contributed by atoms with Gasteiger partial charge in [0.1, 0.15) is 0 Å². The number of hydrogen-bond acceptors (Lipinski definition) is 4. The molecule has 1 unspecified atom stereocenters. The van der Waals surface area contributed by atoms with Crippen LogP contribution in [-0.2, 0) is 6.42 Å². The normalized spacial score (nSPS) is 16.5. The lowest BCUT2D eigenvalue weighted by atomic mass is 9.93. The molecule has 22 heavy (non-hydrogen) atoms. The van der Waals surface area contributed by atoms with Crippen LogP contribution in [0, 0.1) is 0 Å². The predicted molar refractivity (Wildman–Crippen MR) is 91.4 cm³/mol. The summed E-state index contributed by atoms with van der Waals surface area (Å²) in [6, 6.07) is 10.9. The van der Waals surface area contributed by atoms with Gasteiger partial charge in [0.25, 0.3) is 0 Å². The van der Waals surface area contributed by atoms with Crippen molar-refractivity contribution in [1.29, 1.82) is 0 Å². The van der Waals surface area contributed by atoms with Crippen molar-refractivity contribution in [1.82, 2.24) is 5.32 Å². The average molecular weight is 341 g/mol. The number of aromatic hydroxyl groups is 2. The number of rotatable bonds is 3. The van der Waals surface area contributed by atoms with E-state index in [0.717, 1.165) is 29.8 Å². The topological polar surface area (TPSA) is 64.5 Å². The molecule has 0 saturated carbocycles. The third-order valence-electron chi connectivity index (χ3n) is 3.75. The second-order valence-electron chi connectivity index (χ2n) is 5.18. The Hall–Kier alpha value is -1.62. The fraction of sp³-hybridized carbons (Fsp3) is 0.250. The van der Waals surface area contributed by atoms with Crippen LogP contribution in [-0.4, -0.2) is 23.3 Å². The molecule has 1 aliphatic rings. The highest BCUT2D eigenvalue weighted by Gasteiger charge is 2.21. The smallest absolute Gasteiger partial charge is 0.157 e. The first-order chi connectivity index (χ1) is 10.1. The fourth-order valence-electron chi connectivity index (χ4n) is 2.64. The molecule has 3 rings (SSSR count). The minimum absolute atomic E-state index is 0. The molecule has 4 N–H and O–H groups in total. The Morgan fingerprint density at radius 2 is 1.82 bits per heavy atom. The van der Waals surface area contributed by atoms with Gasteiger partial charge in [-0.25, -0.2) is 0 Å². The van der Waals surface area contributed by atoms with Crippen molar-refractivity contribution in [3.63, 3.8) is 0 Å². The van der Waals surface area contributed by atoms with Gasteiger partial charge in [-0.15, -0.1) is 12.4 Å². The molecule has 0 aromatic heterocycles. The van der Waals surface area contributed by atoms with Crippen LogP contribution in [0.4, 0.5) is 5.69 Å². The molecule has 0 fully saturated rings. The zero-order valence-corrected chi connectivity index (χ0v) is 13.4. The zero-order chi connectivity index (χ0) is 14.8. The van der Waals surface area contributed by atoms with Crippen molar-refractivity contribution in [2.75, 3.05) is 18.4 Å². The summed E-state index contributed by atoms with van der Waals surface area (Å²) in [5, 5.41) is 26.8. The highest BCUT2D eigenvalue weighted by Crippen LogP contribution is 2.33. The SMILES string of the molecule is Cl.Oc1cc2c(cc1O)C(CNc1ccc(Cl)cc1)NCC2. The molecular formula is C16H18Cl2N2O2. The van der Waals surface area contributed by atoms with Crippen LogP contribution in [0.15, 0.2) is 36.4 Å². The van der Waals surface area contributed by atoms with Gasteiger partial charge in [0.15, 0.2) is 11.5 Å². The first-order valence-electron chi connectivity index (χ1n) is 6.91. The lowest BCUT2D eigenvalue weighted by Crippen LogP contribution is -2.34. The Morgan fingerprint density at radius 1 is 1.14 bits per heavy atom. The van der Waals surface area contributed by atoms with Gasteiger partial charge in [-0.2, -0.15) is 0 Å². The van der Waals surface area contributed by atoms with Gasteiger partial charge in [-0.05, 0) is 60.5 Å². The molecule has 1 heterocycles. The van der Waals surface area contributed by atoms with Crippen molar-refractivity contribution in [2.45, 2.75) is 12.5 Å². The molecule has 0 aliphatic carbocycles. The fourth-order valence-corrected chi connectivity index (χ4v) is 2.76. The standard InChI is InChI=1S/C16H17ClN2O2.ClH/c17-11-1-3-12(4-2-11)19-9-14-13-8-16(21)15(20)7-10(13)5-6-18-14;/h1-4,7-8,14,18-21H,5-6,9H2;1H. The van der Waals surface area contributed by atoms with Crippen molar-refractivity contribution in [3.05, 3.63) is 52.5 Å². The van der Waals surface area contributed by atoms with Crippen molar-refractivity contribution in [3.8, 4) is 11.5 Å². The molecule has 0 bridgehead atoms. The highest BCUT2D eigenvalue weighted by atomic mass is 35.5. The summed E-state index contributed by atoms with van der Waals surface area (Å²) in [6.07, 6.45) is 0.848. The van der Waals surface area contributed by atoms with Crippen molar-refractivity contribution in [2.24, 2.45) is 0 Å². The first-order valence-corrected chi connectivity index (χ1v) is 7.29. The van der Waals surface area contributed by atoms with Gasteiger partial charge in [0, 0.05) is 23.3 Å². The second-order valence-corrected chi connectivity index (χ2v) is 5.62. The highest BCUT2D eigenvalue weighted by molar-refractivity contribution is 6.30. The number of phenols is 2. The van der Waals surface area contributed by atoms with Crippen molar-refractivity contribution < 1.29 is 10.2 Å². The van der Waals surface area contributed by atoms with E-state index in [2.05, 4.69) is 10.6 Å². The monoisotopic (exact) mass is 340 g/mol. The first kappa shape index (κ1) is 16.7. The van der Waals surface area contributed by atoms with Crippen molar-refractivity contribution >= 4 is 29.7 Å². The number of fused-ring (bicyclic) bond motifs is 1. The van der Waals surface area contributed by atoms with Crippen LogP contribution in [0.5, 0.6) is 11.5 Å². The summed E-state index contributed by atoms with van der Waals surface area (Å²) in [5.41, 5.74) is 3.10. The summed E-state index contributed by atoms with van der Waals surface area (Å²) < 4.78 is 0. The quantitative estimate of drug-likeness (QED) is 0.646. The Kier molecular flexibility index (Phi) is 5.40. The van der Waals surface area contributed by atoms with E-state index in [4.69, 9.17) is 11.6 Å². The summed E-state index contributed by atoms with van der Waals surface area (Å²) in [7, 11) is 0. The second kappa shape index (κ2) is 7.09. The number of phenolic OH excluding ortho intramolecular Hbond substituents is 2. The van der Waals surface area contributed by atoms with Gasteiger partial charge in [0.05, 0.1) is 0 Å². The van der Waals surface area contributed by atoms with Crippen LogP contribution in [0.25, 0.3) is 0 Å². The zero-order valence-electron chi connectivity index (χ0n) is 11.8. The maximum atomic E-state index is 9.70. The number of benzene rings is 2. The van der Waals surface area contributed by atoms with Gasteiger partial charge < -0.3 is 20.8 Å². The van der Waals surface area contributed by atoms with Crippen LogP contribution < -0.4 is 10.6 Å². The third kappa shape index (κ3) is 3.58. The predicted octanol–water partition coefficient (Wildman–Crippen LogP) is 3.47. The van der Waals surface area contributed by atoms with E-state index < -0.39 is 0 Å². The number of hydrogen-bond donors (Lipinski definition) is 4. The molecule has 1 atom stereocenters. The molecule has 118 valence electrons. The maximum Gasteiger partial charge on any atom is 0.157 e. The summed E-state index contributed by atoms with van der Waals surface area (Å²) in [6.45, 7) is 1.54. The molecule has 1 aliphatic heterocycles. The van der Waals surface area contributed by atoms with Crippen LogP contribution in [0.2, 0.25) is 5.02 Å². The van der Waals surface area contributed by atoms with Gasteiger partial charge in [-0.3, -0.25) is 0 Å². The number of anilines is 1. The number of halogens is 2. The largest absolute Gasteiger partial charge is 0.504 e. The minimum atomic E-state index is -0.0751. The number of nitrogens with one attached hydrogen (secondary N) is 2. The van der Waals surface area contributed by atoms with Gasteiger partial charge in [-0.1, -0.05) is 11.6 Å². The molecule has 0 saturated heterocycles. The minimum Gasteiger partial charge on any atom is -0.504 e. The average Bonchev–Trinajstić information content (AvgIpc) is 2.48. The van der Waals surface area contributed by atoms with Gasteiger partial charge in [0.2, 0.25) is 0 Å². The van der Waals surface area contributed by atoms with E-state index in [0.29, 0.717) is 11.6 Å². The summed E-state index contributed by atoms with van der Waals surface area (Å²) >= 11 is 5.87. The molecular weight excluding hydrogens is 323 g/mol. The summed E-state index contributed by atoms with van der Waals surface area (Å²) in [4.78, 5) is 0. The molecule has 0 spiro atoms. The van der Waals surface area contributed by atoms with Crippen LogP contribution in [0.3, 0.4) is 0 Å². The molecule has 2 aromatic rings. The van der Waals surface area contributed by atoms with Gasteiger partial charge >= 0.3 is 0 Å². The Labute approximate surface area is 140 Å². The van der Waals surface area contributed by atoms with Crippen LogP contribution in [0.1, 0.15) is 17.2 Å². The lowest BCUT2D eigenvalue weighted by Gasteiger charge is -2.28. The van der Waals surface area contributed by atoms with Crippen LogP contribution >= 0.6 is 24.0 Å². The molecule has 2 aromatic carbocycles. The van der Waals surface area contributed by atoms with E-state index in [1.807, 2.05) is 24.3 Å². The lowest BCUT2D eigenvalue weighted by molar-refractivity contribution is 0.399. The van der Waals surface area contributed by atoms with E-state index in [-0.39, 0.29) is 29.9 Å². The maximum absolute atomic E-state index is 9.70. The Bertz CT molecular complexity index is 647. The molecule has 4 nitrogen and oxygen atoms in total. The third-order valence-corrected chi connectivity index (χ3v) is 4.00. The summed E-state index contributed by atoms with van der Waals surface area (Å²) in [5.74, 6) is -0.131. The van der Waals surface area contributed by atoms with E-state index >= 15 is 0 Å². The Morgan fingerprint density at radius 3 is 2.55 bits per heavy atom. The Balaban J connectivity index is 0.00000176. The molecule has 0 radical (unpaired) electrons. The van der Waals surface area contributed by atoms with E-state index in [1.165, 1.54) is 0 Å². The van der Waals surface area contributed by atoms with E-state index in [9.17, 15) is 10.2 Å². The van der Waals surface area contributed by atoms with E-state index in [1.54, 1.807) is 12.1 Å². The molecule has 0 amide bonds.